The van der Waals surface area contributed by atoms with Crippen LogP contribution in [0.25, 0.3) is 0 Å². The topological polar surface area (TPSA) is 36.9 Å². The van der Waals surface area contributed by atoms with E-state index in [-0.39, 0.29) is 5.04 Å². The van der Waals surface area contributed by atoms with Gasteiger partial charge in [-0.05, 0) is 88.5 Å². The summed E-state index contributed by atoms with van der Waals surface area (Å²) in [6, 6.07) is 48.8. The highest BCUT2D eigenvalue weighted by molar-refractivity contribution is 6.99. The third-order valence-corrected chi connectivity index (χ3v) is 15.0. The monoisotopic (exact) mass is 712 g/mol. The van der Waals surface area contributed by atoms with Crippen molar-refractivity contribution in [1.29, 1.82) is 0 Å². The molecule has 0 aliphatic carbocycles. The van der Waals surface area contributed by atoms with Gasteiger partial charge in [0.05, 0.1) is 14.2 Å². The maximum Gasteiger partial charge on any atom is 0.261 e. The molecule has 4 nitrogen and oxygen atoms in total. The Bertz CT molecular complexity index is 1680. The molecule has 5 aromatic rings. The number of benzene rings is 5. The average Bonchev–Trinajstić information content (AvgIpc) is 3.19. The fraction of sp³-hybridized carbons (Fsp3) is 0.319. The largest absolute Gasteiger partial charge is 0.497 e. The summed E-state index contributed by atoms with van der Waals surface area (Å²) in [6.07, 6.45) is 11.0. The van der Waals surface area contributed by atoms with Crippen molar-refractivity contribution in [3.05, 3.63) is 168 Å². The summed E-state index contributed by atoms with van der Waals surface area (Å²) in [5.41, 5.74) is 2.45. The first kappa shape index (κ1) is 38.8. The Balaban J connectivity index is 1.16. The summed E-state index contributed by atoms with van der Waals surface area (Å²) in [5, 5.41) is 2.67. The lowest BCUT2D eigenvalue weighted by atomic mass is 9.80. The van der Waals surface area contributed by atoms with Crippen LogP contribution in [0.3, 0.4) is 0 Å². The highest BCUT2D eigenvalue weighted by Crippen LogP contribution is 2.42. The summed E-state index contributed by atoms with van der Waals surface area (Å²) in [6.45, 7) is 8.40. The Morgan fingerprint density at radius 1 is 0.481 bits per heavy atom. The second-order valence-electron chi connectivity index (χ2n) is 14.3. The summed E-state index contributed by atoms with van der Waals surface area (Å²) in [7, 11) is 0.912. The first-order valence-electron chi connectivity index (χ1n) is 18.7. The normalized spacial score (nSPS) is 12.2. The lowest BCUT2D eigenvalue weighted by Gasteiger charge is -2.43. The molecule has 0 N–H and O–H groups in total. The second kappa shape index (κ2) is 18.9. The molecule has 0 aliphatic rings. The molecular formula is C47H56O4Si. The van der Waals surface area contributed by atoms with E-state index in [1.807, 2.05) is 30.3 Å². The number of allylic oxidation sites excluding steroid dienone is 2. The zero-order valence-corrected chi connectivity index (χ0v) is 32.7. The molecular weight excluding hydrogens is 657 g/mol. The summed E-state index contributed by atoms with van der Waals surface area (Å²) in [4.78, 5) is 0. The van der Waals surface area contributed by atoms with Crippen LogP contribution in [0.4, 0.5) is 0 Å². The van der Waals surface area contributed by atoms with Crippen LogP contribution in [0.1, 0.15) is 76.0 Å². The van der Waals surface area contributed by atoms with Crippen LogP contribution in [-0.4, -0.2) is 35.8 Å². The number of rotatable bonds is 19. The zero-order chi connectivity index (χ0) is 36.7. The van der Waals surface area contributed by atoms with Gasteiger partial charge in [0.25, 0.3) is 8.32 Å². The number of hydrogen-bond acceptors (Lipinski definition) is 4. The van der Waals surface area contributed by atoms with Crippen molar-refractivity contribution in [2.45, 2.75) is 69.9 Å². The molecule has 0 saturated carbocycles. The Kier molecular flexibility index (Phi) is 14.1. The van der Waals surface area contributed by atoms with Gasteiger partial charge in [-0.15, -0.1) is 0 Å². The molecule has 0 fully saturated rings. The number of ether oxygens (including phenoxy) is 3. The first-order valence-corrected chi connectivity index (χ1v) is 20.6. The van der Waals surface area contributed by atoms with E-state index in [1.54, 1.807) is 14.2 Å². The van der Waals surface area contributed by atoms with Crippen LogP contribution < -0.4 is 19.8 Å². The van der Waals surface area contributed by atoms with Crippen molar-refractivity contribution >= 4 is 18.7 Å². The predicted molar refractivity (Wildman–Crippen MR) is 219 cm³/mol. The van der Waals surface area contributed by atoms with Gasteiger partial charge in [-0.25, -0.2) is 0 Å². The van der Waals surface area contributed by atoms with E-state index in [1.165, 1.54) is 10.4 Å². The SMILES string of the molecule is COc1ccc(C(OCCCCCC=CCCCO[Si](c2ccccc2)(c2ccccc2)C(C)(C)C)(c2ccccc2)c2ccc(OC)cc2)cc1. The average molecular weight is 713 g/mol. The highest BCUT2D eigenvalue weighted by Gasteiger charge is 2.50. The molecule has 0 amide bonds. The molecule has 0 spiro atoms. The quantitative estimate of drug-likeness (QED) is 0.0370. The van der Waals surface area contributed by atoms with Gasteiger partial charge in [0, 0.05) is 13.2 Å². The van der Waals surface area contributed by atoms with E-state index >= 15 is 0 Å². The van der Waals surface area contributed by atoms with Gasteiger partial charge in [0.2, 0.25) is 0 Å². The van der Waals surface area contributed by atoms with Crippen molar-refractivity contribution in [1.82, 2.24) is 0 Å². The van der Waals surface area contributed by atoms with Gasteiger partial charge in [-0.2, -0.15) is 0 Å². The van der Waals surface area contributed by atoms with E-state index in [2.05, 4.69) is 142 Å². The molecule has 0 atom stereocenters. The number of unbranched alkanes of at least 4 members (excludes halogenated alkanes) is 4. The zero-order valence-electron chi connectivity index (χ0n) is 31.7. The van der Waals surface area contributed by atoms with E-state index in [4.69, 9.17) is 18.6 Å². The van der Waals surface area contributed by atoms with E-state index in [0.717, 1.165) is 73.3 Å². The van der Waals surface area contributed by atoms with Gasteiger partial charge < -0.3 is 18.6 Å². The molecule has 0 saturated heterocycles. The summed E-state index contributed by atoms with van der Waals surface area (Å²) >= 11 is 0. The van der Waals surface area contributed by atoms with Crippen LogP contribution >= 0.6 is 0 Å². The Morgan fingerprint density at radius 3 is 1.38 bits per heavy atom. The molecule has 52 heavy (non-hydrogen) atoms. The molecule has 272 valence electrons. The second-order valence-corrected chi connectivity index (χ2v) is 18.6. The minimum Gasteiger partial charge on any atom is -0.497 e. The molecule has 0 radical (unpaired) electrons. The molecule has 0 aliphatic heterocycles. The van der Waals surface area contributed by atoms with E-state index in [0.29, 0.717) is 6.61 Å². The lowest BCUT2D eigenvalue weighted by Crippen LogP contribution is -2.66. The molecule has 5 aromatic carbocycles. The molecule has 5 heteroatoms. The van der Waals surface area contributed by atoms with Crippen LogP contribution in [0.15, 0.2) is 152 Å². The van der Waals surface area contributed by atoms with E-state index < -0.39 is 13.9 Å². The van der Waals surface area contributed by atoms with Crippen molar-refractivity contribution < 1.29 is 18.6 Å². The van der Waals surface area contributed by atoms with Gasteiger partial charge >= 0.3 is 0 Å². The number of hydrogen-bond donors (Lipinski definition) is 0. The standard InChI is InChI=1S/C47H56O4Si/c1-46(2,3)52(44-25-17-13-18-26-44,45-27-19-14-20-28-45)51-38-22-11-9-7-6-8-10-21-37-50-47(39-23-15-12-16-24-39,40-29-33-42(48-4)34-30-40)41-31-35-43(49-5)36-32-41/h7,9,12-20,23-36H,6,8,10-11,21-22,37-38H2,1-5H3. The van der Waals surface area contributed by atoms with Gasteiger partial charge in [-0.3, -0.25) is 0 Å². The van der Waals surface area contributed by atoms with Gasteiger partial charge in [0.15, 0.2) is 0 Å². The van der Waals surface area contributed by atoms with Crippen LogP contribution in [-0.2, 0) is 14.8 Å². The predicted octanol–water partition coefficient (Wildman–Crippen LogP) is 10.5. The van der Waals surface area contributed by atoms with Crippen molar-refractivity contribution in [3.8, 4) is 11.5 Å². The maximum atomic E-state index is 7.06. The van der Waals surface area contributed by atoms with Crippen LogP contribution in [0, 0.1) is 0 Å². The fourth-order valence-corrected chi connectivity index (χ4v) is 11.9. The Morgan fingerprint density at radius 2 is 0.923 bits per heavy atom. The highest BCUT2D eigenvalue weighted by atomic mass is 28.4. The molecule has 0 heterocycles. The molecule has 5 rings (SSSR count). The minimum absolute atomic E-state index is 0.000692. The van der Waals surface area contributed by atoms with Gasteiger partial charge in [-0.1, -0.05) is 155 Å². The fourth-order valence-electron chi connectivity index (χ4n) is 7.26. The lowest BCUT2D eigenvalue weighted by molar-refractivity contribution is 0.0106. The smallest absolute Gasteiger partial charge is 0.261 e. The van der Waals surface area contributed by atoms with Gasteiger partial charge in [0.1, 0.15) is 17.1 Å². The summed E-state index contributed by atoms with van der Waals surface area (Å²) in [5.74, 6) is 1.64. The van der Waals surface area contributed by atoms with Crippen molar-refractivity contribution in [2.24, 2.45) is 0 Å². The third kappa shape index (κ3) is 9.13. The summed E-state index contributed by atoms with van der Waals surface area (Å²) < 4.78 is 25.0. The molecule has 0 bridgehead atoms. The maximum absolute atomic E-state index is 7.06. The molecule has 0 aromatic heterocycles. The number of methoxy groups -OCH3 is 2. The first-order chi connectivity index (χ1) is 25.3. The Hall–Kier alpha value is -4.42. The minimum atomic E-state index is -2.48. The van der Waals surface area contributed by atoms with Crippen molar-refractivity contribution in [3.63, 3.8) is 0 Å². The van der Waals surface area contributed by atoms with Crippen LogP contribution in [0.5, 0.6) is 11.5 Å². The van der Waals surface area contributed by atoms with Crippen molar-refractivity contribution in [2.75, 3.05) is 27.4 Å². The third-order valence-electron chi connectivity index (χ3n) is 9.92. The van der Waals surface area contributed by atoms with E-state index in [9.17, 15) is 0 Å². The van der Waals surface area contributed by atoms with Crippen LogP contribution in [0.2, 0.25) is 5.04 Å². The molecule has 0 unspecified atom stereocenters. The Labute approximate surface area is 313 Å².